The second kappa shape index (κ2) is 6.06. The van der Waals surface area contributed by atoms with Gasteiger partial charge in [-0.15, -0.1) is 0 Å². The van der Waals surface area contributed by atoms with Gasteiger partial charge < -0.3 is 10.5 Å². The summed E-state index contributed by atoms with van der Waals surface area (Å²) < 4.78 is 30.5. The topological polar surface area (TPSA) is 72.6 Å². The van der Waals surface area contributed by atoms with Crippen molar-refractivity contribution in [1.29, 1.82) is 0 Å². The third-order valence-electron chi connectivity index (χ3n) is 2.44. The summed E-state index contributed by atoms with van der Waals surface area (Å²) in [5.74, 6) is -0.0452. The van der Waals surface area contributed by atoms with Gasteiger partial charge in [-0.2, -0.15) is 0 Å². The Labute approximate surface area is 109 Å². The number of nitrogens with zero attached hydrogens (tertiary/aromatic N) is 1. The summed E-state index contributed by atoms with van der Waals surface area (Å²) in [6.45, 7) is 3.93. The number of rotatable bonds is 6. The van der Waals surface area contributed by atoms with E-state index in [1.54, 1.807) is 24.3 Å². The van der Waals surface area contributed by atoms with E-state index in [0.29, 0.717) is 11.4 Å². The molecule has 5 nitrogen and oxygen atoms in total. The van der Waals surface area contributed by atoms with E-state index in [2.05, 4.69) is 0 Å². The van der Waals surface area contributed by atoms with Crippen LogP contribution >= 0.6 is 0 Å². The van der Waals surface area contributed by atoms with Gasteiger partial charge in [0, 0.05) is 12.7 Å². The smallest absolute Gasteiger partial charge is 0.237 e. The molecule has 0 saturated heterocycles. The van der Waals surface area contributed by atoms with Crippen LogP contribution in [0.5, 0.6) is 0 Å². The van der Waals surface area contributed by atoms with Gasteiger partial charge in [0.2, 0.25) is 10.0 Å². The molecular weight excluding hydrogens is 252 g/mol. The van der Waals surface area contributed by atoms with E-state index >= 15 is 0 Å². The molecule has 2 N–H and O–H groups in total. The minimum absolute atomic E-state index is 0.0258. The van der Waals surface area contributed by atoms with E-state index in [1.165, 1.54) is 11.4 Å². The lowest BCUT2D eigenvalue weighted by atomic mass is 10.3. The fourth-order valence-corrected chi connectivity index (χ4v) is 2.42. The van der Waals surface area contributed by atoms with Gasteiger partial charge in [0.1, 0.15) is 0 Å². The van der Waals surface area contributed by atoms with E-state index in [9.17, 15) is 8.42 Å². The van der Waals surface area contributed by atoms with Crippen molar-refractivity contribution in [1.82, 2.24) is 0 Å². The SMILES string of the molecule is CC(C)OCCS(=O)(=O)N(C)c1cccc(N)c1. The molecule has 6 heteroatoms. The van der Waals surface area contributed by atoms with Crippen LogP contribution < -0.4 is 10.0 Å². The minimum Gasteiger partial charge on any atom is -0.399 e. The van der Waals surface area contributed by atoms with Gasteiger partial charge in [0.15, 0.2) is 0 Å². The van der Waals surface area contributed by atoms with E-state index in [4.69, 9.17) is 10.5 Å². The first kappa shape index (κ1) is 14.8. The Morgan fingerprint density at radius 1 is 1.39 bits per heavy atom. The van der Waals surface area contributed by atoms with Crippen LogP contribution in [-0.4, -0.2) is 33.9 Å². The van der Waals surface area contributed by atoms with Crippen molar-refractivity contribution in [3.63, 3.8) is 0 Å². The predicted octanol–water partition coefficient (Wildman–Crippen LogP) is 1.46. The number of hydrogen-bond donors (Lipinski definition) is 1. The third kappa shape index (κ3) is 4.19. The monoisotopic (exact) mass is 272 g/mol. The molecule has 102 valence electrons. The number of sulfonamides is 1. The zero-order valence-corrected chi connectivity index (χ0v) is 11.8. The zero-order chi connectivity index (χ0) is 13.8. The first-order valence-corrected chi connectivity index (χ1v) is 7.37. The molecule has 0 amide bonds. The molecule has 0 heterocycles. The maximum atomic E-state index is 12.0. The average molecular weight is 272 g/mol. The van der Waals surface area contributed by atoms with Crippen LogP contribution in [0.1, 0.15) is 13.8 Å². The Balaban J connectivity index is 2.73. The quantitative estimate of drug-likeness (QED) is 0.796. The molecule has 0 aliphatic rings. The molecule has 1 aromatic rings. The summed E-state index contributed by atoms with van der Waals surface area (Å²) in [6.07, 6.45) is 0.0258. The van der Waals surface area contributed by atoms with E-state index < -0.39 is 10.0 Å². The second-order valence-corrected chi connectivity index (χ2v) is 6.42. The van der Waals surface area contributed by atoms with Crippen LogP contribution in [0.3, 0.4) is 0 Å². The predicted molar refractivity (Wildman–Crippen MR) is 74.1 cm³/mol. The highest BCUT2D eigenvalue weighted by Crippen LogP contribution is 2.19. The number of ether oxygens (including phenoxy) is 1. The van der Waals surface area contributed by atoms with Crippen molar-refractivity contribution in [3.05, 3.63) is 24.3 Å². The summed E-state index contributed by atoms with van der Waals surface area (Å²) in [6, 6.07) is 6.77. The molecule has 18 heavy (non-hydrogen) atoms. The van der Waals surface area contributed by atoms with E-state index in [1.807, 2.05) is 13.8 Å². The summed E-state index contributed by atoms with van der Waals surface area (Å²) in [5, 5.41) is 0. The van der Waals surface area contributed by atoms with Crippen LogP contribution in [0.2, 0.25) is 0 Å². The highest BCUT2D eigenvalue weighted by molar-refractivity contribution is 7.92. The molecule has 0 atom stereocenters. The van der Waals surface area contributed by atoms with Crippen LogP contribution in [0.4, 0.5) is 11.4 Å². The third-order valence-corrected chi connectivity index (χ3v) is 4.17. The molecule has 0 unspecified atom stereocenters. The highest BCUT2D eigenvalue weighted by Gasteiger charge is 2.18. The molecule has 0 saturated carbocycles. The summed E-state index contributed by atoms with van der Waals surface area (Å²) >= 11 is 0. The Morgan fingerprint density at radius 3 is 2.61 bits per heavy atom. The fourth-order valence-electron chi connectivity index (χ4n) is 1.41. The van der Waals surface area contributed by atoms with E-state index in [-0.39, 0.29) is 18.5 Å². The Morgan fingerprint density at radius 2 is 2.06 bits per heavy atom. The standard InChI is InChI=1S/C12H20N2O3S/c1-10(2)17-7-8-18(15,16)14(3)12-6-4-5-11(13)9-12/h4-6,9-10H,7-8,13H2,1-3H3. The first-order valence-electron chi connectivity index (χ1n) is 5.76. The van der Waals surface area contributed by atoms with Gasteiger partial charge in [-0.05, 0) is 32.0 Å². The minimum atomic E-state index is -3.37. The van der Waals surface area contributed by atoms with E-state index in [0.717, 1.165) is 0 Å². The van der Waals surface area contributed by atoms with Crippen molar-refractivity contribution in [3.8, 4) is 0 Å². The molecule has 0 aliphatic heterocycles. The highest BCUT2D eigenvalue weighted by atomic mass is 32.2. The Kier molecular flexibility index (Phi) is 4.98. The molecule has 1 rings (SSSR count). The van der Waals surface area contributed by atoms with Gasteiger partial charge in [-0.1, -0.05) is 6.07 Å². The normalized spacial score (nSPS) is 11.8. The van der Waals surface area contributed by atoms with Crippen molar-refractivity contribution in [2.24, 2.45) is 0 Å². The lowest BCUT2D eigenvalue weighted by molar-refractivity contribution is 0.0912. The maximum absolute atomic E-state index is 12.0. The second-order valence-electron chi connectivity index (χ2n) is 4.30. The van der Waals surface area contributed by atoms with Crippen LogP contribution in [0.25, 0.3) is 0 Å². The van der Waals surface area contributed by atoms with Gasteiger partial charge in [-0.25, -0.2) is 8.42 Å². The van der Waals surface area contributed by atoms with Crippen molar-refractivity contribution < 1.29 is 13.2 Å². The molecule has 1 aromatic carbocycles. The molecular formula is C12H20N2O3S. The van der Waals surface area contributed by atoms with Crippen LogP contribution in [0, 0.1) is 0 Å². The van der Waals surface area contributed by atoms with Gasteiger partial charge in [-0.3, -0.25) is 4.31 Å². The van der Waals surface area contributed by atoms with Crippen molar-refractivity contribution in [2.45, 2.75) is 20.0 Å². The molecule has 0 bridgehead atoms. The Hall–Kier alpha value is -1.27. The summed E-state index contributed by atoms with van der Waals surface area (Å²) in [5.41, 5.74) is 6.72. The summed E-state index contributed by atoms with van der Waals surface area (Å²) in [4.78, 5) is 0. The van der Waals surface area contributed by atoms with Gasteiger partial charge in [0.05, 0.1) is 24.2 Å². The molecule has 0 radical (unpaired) electrons. The van der Waals surface area contributed by atoms with Crippen LogP contribution in [-0.2, 0) is 14.8 Å². The number of benzene rings is 1. The molecule has 0 spiro atoms. The van der Waals surface area contributed by atoms with Gasteiger partial charge in [0.25, 0.3) is 0 Å². The summed E-state index contributed by atoms with van der Waals surface area (Å²) in [7, 11) is -1.86. The number of nitrogens with two attached hydrogens (primary N) is 1. The van der Waals surface area contributed by atoms with Gasteiger partial charge >= 0.3 is 0 Å². The number of anilines is 2. The average Bonchev–Trinajstić information content (AvgIpc) is 2.27. The van der Waals surface area contributed by atoms with Crippen molar-refractivity contribution in [2.75, 3.05) is 29.4 Å². The van der Waals surface area contributed by atoms with Crippen molar-refractivity contribution >= 4 is 21.4 Å². The first-order chi connectivity index (χ1) is 8.33. The number of nitrogen functional groups attached to an aromatic ring is 1. The lowest BCUT2D eigenvalue weighted by Crippen LogP contribution is -2.31. The molecule has 0 fully saturated rings. The molecule has 0 aliphatic carbocycles. The van der Waals surface area contributed by atoms with Crippen LogP contribution in [0.15, 0.2) is 24.3 Å². The maximum Gasteiger partial charge on any atom is 0.237 e. The Bertz CT molecular complexity index is 486. The fraction of sp³-hybridized carbons (Fsp3) is 0.500. The number of hydrogen-bond acceptors (Lipinski definition) is 4. The zero-order valence-electron chi connectivity index (χ0n) is 11.0. The molecule has 0 aromatic heterocycles. The lowest BCUT2D eigenvalue weighted by Gasteiger charge is -2.20. The largest absolute Gasteiger partial charge is 0.399 e.